The van der Waals surface area contributed by atoms with E-state index in [-0.39, 0.29) is 6.10 Å². The van der Waals surface area contributed by atoms with E-state index in [0.29, 0.717) is 5.92 Å². The third-order valence-electron chi connectivity index (χ3n) is 2.91. The molecule has 1 N–H and O–H groups in total. The Labute approximate surface area is 78.6 Å². The van der Waals surface area contributed by atoms with Crippen LogP contribution >= 0.6 is 0 Å². The molecule has 0 amide bonds. The van der Waals surface area contributed by atoms with Gasteiger partial charge in [0.1, 0.15) is 5.76 Å². The smallest absolute Gasteiger partial charge is 0.100 e. The van der Waals surface area contributed by atoms with Gasteiger partial charge in [0.05, 0.1) is 12.4 Å². The van der Waals surface area contributed by atoms with Crippen molar-refractivity contribution in [3.05, 3.63) is 23.7 Å². The molecule has 1 aliphatic carbocycles. The van der Waals surface area contributed by atoms with Gasteiger partial charge in [-0.25, -0.2) is 0 Å². The van der Waals surface area contributed by atoms with E-state index < -0.39 is 0 Å². The van der Waals surface area contributed by atoms with Crippen LogP contribution in [-0.2, 0) is 0 Å². The Bertz CT molecular complexity index is 277. The summed E-state index contributed by atoms with van der Waals surface area (Å²) in [6.45, 7) is 1.94. The summed E-state index contributed by atoms with van der Waals surface area (Å²) in [6, 6.07) is 2.04. The van der Waals surface area contributed by atoms with Crippen molar-refractivity contribution >= 4 is 0 Å². The van der Waals surface area contributed by atoms with Crippen molar-refractivity contribution in [2.24, 2.45) is 0 Å². The second-order valence-corrected chi connectivity index (χ2v) is 3.95. The fourth-order valence-electron chi connectivity index (χ4n) is 2.16. The SMILES string of the molecule is Cc1cc([C@@H]2CCCC[C@H]2O)co1. The lowest BCUT2D eigenvalue weighted by molar-refractivity contribution is 0.106. The molecule has 1 aromatic heterocycles. The summed E-state index contributed by atoms with van der Waals surface area (Å²) in [5.41, 5.74) is 1.17. The molecule has 2 nitrogen and oxygen atoms in total. The van der Waals surface area contributed by atoms with E-state index in [1.54, 1.807) is 6.26 Å². The molecule has 1 aromatic rings. The van der Waals surface area contributed by atoms with Gasteiger partial charge in [-0.3, -0.25) is 0 Å². The van der Waals surface area contributed by atoms with Crippen LogP contribution in [0.25, 0.3) is 0 Å². The number of aryl methyl sites for hydroxylation is 1. The average molecular weight is 180 g/mol. The zero-order chi connectivity index (χ0) is 9.26. The zero-order valence-corrected chi connectivity index (χ0v) is 7.99. The van der Waals surface area contributed by atoms with E-state index in [1.165, 1.54) is 12.0 Å². The van der Waals surface area contributed by atoms with E-state index >= 15 is 0 Å². The van der Waals surface area contributed by atoms with E-state index in [4.69, 9.17) is 4.42 Å². The van der Waals surface area contributed by atoms with Crippen molar-refractivity contribution in [1.82, 2.24) is 0 Å². The summed E-state index contributed by atoms with van der Waals surface area (Å²) in [5, 5.41) is 9.79. The van der Waals surface area contributed by atoms with Crippen LogP contribution in [0.2, 0.25) is 0 Å². The number of rotatable bonds is 1. The normalized spacial score (nSPS) is 29.1. The van der Waals surface area contributed by atoms with Gasteiger partial charge >= 0.3 is 0 Å². The molecule has 2 atom stereocenters. The first-order valence-corrected chi connectivity index (χ1v) is 5.00. The molecule has 0 aromatic carbocycles. The highest BCUT2D eigenvalue weighted by Crippen LogP contribution is 2.33. The lowest BCUT2D eigenvalue weighted by Crippen LogP contribution is -2.21. The van der Waals surface area contributed by atoms with Crippen molar-refractivity contribution in [3.63, 3.8) is 0 Å². The standard InChI is InChI=1S/C11H16O2/c1-8-6-9(7-13-8)10-4-2-3-5-11(10)12/h6-7,10-12H,2-5H2,1H3/t10-,11+/m0/s1. The highest BCUT2D eigenvalue weighted by molar-refractivity contribution is 5.19. The number of furan rings is 1. The molecular formula is C11H16O2. The first-order valence-electron chi connectivity index (χ1n) is 5.00. The predicted octanol–water partition coefficient (Wildman–Crippen LogP) is 2.61. The van der Waals surface area contributed by atoms with Gasteiger partial charge in [-0.15, -0.1) is 0 Å². The van der Waals surface area contributed by atoms with E-state index in [0.717, 1.165) is 25.0 Å². The topological polar surface area (TPSA) is 33.4 Å². The maximum atomic E-state index is 9.79. The minimum atomic E-state index is -0.161. The molecular weight excluding hydrogens is 164 g/mol. The Hall–Kier alpha value is -0.760. The van der Waals surface area contributed by atoms with Crippen LogP contribution in [0.3, 0.4) is 0 Å². The molecule has 0 spiro atoms. The molecule has 1 aliphatic rings. The summed E-state index contributed by atoms with van der Waals surface area (Å²) in [6.07, 6.45) is 6.05. The molecule has 0 bridgehead atoms. The maximum Gasteiger partial charge on any atom is 0.100 e. The Kier molecular flexibility index (Phi) is 2.40. The van der Waals surface area contributed by atoms with Crippen molar-refractivity contribution in [2.45, 2.75) is 44.6 Å². The fraction of sp³-hybridized carbons (Fsp3) is 0.636. The molecule has 0 aliphatic heterocycles. The second-order valence-electron chi connectivity index (χ2n) is 3.95. The minimum absolute atomic E-state index is 0.161. The largest absolute Gasteiger partial charge is 0.469 e. The summed E-state index contributed by atoms with van der Waals surface area (Å²) < 4.78 is 5.25. The van der Waals surface area contributed by atoms with Crippen molar-refractivity contribution in [2.75, 3.05) is 0 Å². The number of aliphatic hydroxyl groups excluding tert-OH is 1. The highest BCUT2D eigenvalue weighted by atomic mass is 16.3. The third kappa shape index (κ3) is 1.78. The van der Waals surface area contributed by atoms with Gasteiger partial charge in [0, 0.05) is 5.92 Å². The van der Waals surface area contributed by atoms with Gasteiger partial charge in [0.15, 0.2) is 0 Å². The van der Waals surface area contributed by atoms with Crippen LogP contribution in [0.15, 0.2) is 16.7 Å². The minimum Gasteiger partial charge on any atom is -0.469 e. The third-order valence-corrected chi connectivity index (χ3v) is 2.91. The molecule has 2 heteroatoms. The van der Waals surface area contributed by atoms with Gasteiger partial charge in [0.2, 0.25) is 0 Å². The van der Waals surface area contributed by atoms with Gasteiger partial charge < -0.3 is 9.52 Å². The first-order chi connectivity index (χ1) is 6.27. The van der Waals surface area contributed by atoms with Gasteiger partial charge in [-0.05, 0) is 31.4 Å². The number of aliphatic hydroxyl groups is 1. The van der Waals surface area contributed by atoms with Crippen LogP contribution in [0, 0.1) is 6.92 Å². The Morgan fingerprint density at radius 1 is 1.38 bits per heavy atom. The number of hydrogen-bond acceptors (Lipinski definition) is 2. The van der Waals surface area contributed by atoms with Gasteiger partial charge in [-0.2, -0.15) is 0 Å². The van der Waals surface area contributed by atoms with Crippen LogP contribution in [0.5, 0.6) is 0 Å². The average Bonchev–Trinajstić information content (AvgIpc) is 2.53. The first kappa shape index (κ1) is 8.82. The molecule has 0 saturated heterocycles. The summed E-state index contributed by atoms with van der Waals surface area (Å²) in [5.74, 6) is 1.25. The lowest BCUT2D eigenvalue weighted by atomic mass is 9.83. The van der Waals surface area contributed by atoms with E-state index in [9.17, 15) is 5.11 Å². The summed E-state index contributed by atoms with van der Waals surface area (Å²) >= 11 is 0. The Balaban J connectivity index is 2.14. The molecule has 1 heterocycles. The van der Waals surface area contributed by atoms with Gasteiger partial charge in [0.25, 0.3) is 0 Å². The lowest BCUT2D eigenvalue weighted by Gasteiger charge is -2.26. The van der Waals surface area contributed by atoms with Crippen LogP contribution in [-0.4, -0.2) is 11.2 Å². The maximum absolute atomic E-state index is 9.79. The molecule has 0 radical (unpaired) electrons. The number of hydrogen-bond donors (Lipinski definition) is 1. The zero-order valence-electron chi connectivity index (χ0n) is 7.99. The summed E-state index contributed by atoms with van der Waals surface area (Å²) in [4.78, 5) is 0. The molecule has 13 heavy (non-hydrogen) atoms. The molecule has 2 rings (SSSR count). The van der Waals surface area contributed by atoms with E-state index in [2.05, 4.69) is 0 Å². The van der Waals surface area contributed by atoms with Crippen LogP contribution in [0.4, 0.5) is 0 Å². The fourth-order valence-corrected chi connectivity index (χ4v) is 2.16. The van der Waals surface area contributed by atoms with Crippen molar-refractivity contribution in [1.29, 1.82) is 0 Å². The Morgan fingerprint density at radius 3 is 2.77 bits per heavy atom. The molecule has 1 saturated carbocycles. The quantitative estimate of drug-likeness (QED) is 0.720. The Morgan fingerprint density at radius 2 is 2.15 bits per heavy atom. The molecule has 72 valence electrons. The highest BCUT2D eigenvalue weighted by Gasteiger charge is 2.25. The monoisotopic (exact) mass is 180 g/mol. The van der Waals surface area contributed by atoms with Crippen molar-refractivity contribution in [3.8, 4) is 0 Å². The van der Waals surface area contributed by atoms with Gasteiger partial charge in [-0.1, -0.05) is 12.8 Å². The van der Waals surface area contributed by atoms with Crippen LogP contribution in [0.1, 0.15) is 42.9 Å². The van der Waals surface area contributed by atoms with Crippen molar-refractivity contribution < 1.29 is 9.52 Å². The van der Waals surface area contributed by atoms with Crippen LogP contribution < -0.4 is 0 Å². The second kappa shape index (κ2) is 3.54. The predicted molar refractivity (Wildman–Crippen MR) is 50.7 cm³/mol. The molecule has 1 fully saturated rings. The molecule has 0 unspecified atom stereocenters. The summed E-state index contributed by atoms with van der Waals surface area (Å²) in [7, 11) is 0. The van der Waals surface area contributed by atoms with E-state index in [1.807, 2.05) is 13.0 Å².